The second-order valence-electron chi connectivity index (χ2n) is 7.51. The Morgan fingerprint density at radius 2 is 1.16 bits per heavy atom. The van der Waals surface area contributed by atoms with Gasteiger partial charge >= 0.3 is 0 Å². The van der Waals surface area contributed by atoms with Gasteiger partial charge in [-0.15, -0.1) is 0 Å². The number of hydrogen-bond donors (Lipinski definition) is 0. The molecule has 6 aromatic rings. The molecule has 0 saturated carbocycles. The summed E-state index contributed by atoms with van der Waals surface area (Å²) in [6.45, 7) is 0. The normalized spacial score (nSPS) is 11.3. The van der Waals surface area contributed by atoms with Crippen molar-refractivity contribution >= 4 is 33.5 Å². The maximum absolute atomic E-state index is 6.32. The van der Waals surface area contributed by atoms with Crippen molar-refractivity contribution < 1.29 is 4.42 Å². The van der Waals surface area contributed by atoms with Crippen LogP contribution in [0.5, 0.6) is 0 Å². The van der Waals surface area contributed by atoms with Gasteiger partial charge in [0.15, 0.2) is 11.6 Å². The number of fused-ring (bicyclic) bond motifs is 3. The van der Waals surface area contributed by atoms with E-state index in [1.807, 2.05) is 72.8 Å². The minimum atomic E-state index is 0.160. The molecule has 4 aromatic carbocycles. The molecule has 0 N–H and O–H groups in total. The number of halogens is 1. The maximum Gasteiger partial charge on any atom is 0.226 e. The Morgan fingerprint density at radius 3 is 2.00 bits per heavy atom. The van der Waals surface area contributed by atoms with Crippen molar-refractivity contribution in [2.24, 2.45) is 0 Å². The summed E-state index contributed by atoms with van der Waals surface area (Å²) in [4.78, 5) is 13.5. The van der Waals surface area contributed by atoms with Gasteiger partial charge in [0.1, 0.15) is 11.2 Å². The van der Waals surface area contributed by atoms with Crippen LogP contribution >= 0.6 is 11.6 Å². The standard InChI is InChI=1S/C27H16ClN3O/c28-27-30-25(19-10-6-9-18(15-19)17-7-2-1-3-8-17)29-26(31-27)20-13-14-24-22(16-20)21-11-4-5-12-23(21)32-24/h1-16H. The lowest BCUT2D eigenvalue weighted by Gasteiger charge is -2.07. The summed E-state index contributed by atoms with van der Waals surface area (Å²) < 4.78 is 5.94. The van der Waals surface area contributed by atoms with Crippen LogP contribution in [0.3, 0.4) is 0 Å². The van der Waals surface area contributed by atoms with Gasteiger partial charge in [-0.1, -0.05) is 66.7 Å². The van der Waals surface area contributed by atoms with Gasteiger partial charge in [-0.05, 0) is 53.1 Å². The Bertz CT molecular complexity index is 1590. The van der Waals surface area contributed by atoms with Gasteiger partial charge in [0.2, 0.25) is 5.28 Å². The highest BCUT2D eigenvalue weighted by molar-refractivity contribution is 6.28. The Labute approximate surface area is 189 Å². The molecule has 6 rings (SSSR count). The third kappa shape index (κ3) is 3.31. The average Bonchev–Trinajstić information content (AvgIpc) is 3.22. The lowest BCUT2D eigenvalue weighted by Crippen LogP contribution is -1.97. The Morgan fingerprint density at radius 1 is 0.500 bits per heavy atom. The van der Waals surface area contributed by atoms with E-state index in [9.17, 15) is 0 Å². The molecule has 0 unspecified atom stereocenters. The summed E-state index contributed by atoms with van der Waals surface area (Å²) in [6, 6.07) is 32.2. The molecule has 0 aliphatic carbocycles. The van der Waals surface area contributed by atoms with Gasteiger partial charge in [0, 0.05) is 21.9 Å². The fraction of sp³-hybridized carbons (Fsp3) is 0. The SMILES string of the molecule is Clc1nc(-c2cccc(-c3ccccc3)c2)nc(-c2ccc3oc4ccccc4c3c2)n1. The van der Waals surface area contributed by atoms with Gasteiger partial charge in [0.05, 0.1) is 0 Å². The van der Waals surface area contributed by atoms with Crippen molar-refractivity contribution in [1.82, 2.24) is 15.0 Å². The Hall–Kier alpha value is -4.02. The van der Waals surface area contributed by atoms with Crippen LogP contribution in [0.2, 0.25) is 5.28 Å². The first-order valence-electron chi connectivity index (χ1n) is 10.2. The van der Waals surface area contributed by atoms with E-state index < -0.39 is 0 Å². The highest BCUT2D eigenvalue weighted by atomic mass is 35.5. The first-order chi connectivity index (χ1) is 15.7. The van der Waals surface area contributed by atoms with Gasteiger partial charge in [-0.2, -0.15) is 9.97 Å². The van der Waals surface area contributed by atoms with E-state index >= 15 is 0 Å². The van der Waals surface area contributed by atoms with Crippen LogP contribution in [-0.2, 0) is 0 Å². The van der Waals surface area contributed by atoms with E-state index in [0.29, 0.717) is 11.6 Å². The van der Waals surface area contributed by atoms with Crippen molar-refractivity contribution in [1.29, 1.82) is 0 Å². The minimum Gasteiger partial charge on any atom is -0.456 e. The molecule has 5 heteroatoms. The zero-order valence-electron chi connectivity index (χ0n) is 16.9. The molecule has 0 aliphatic rings. The number of furan rings is 1. The monoisotopic (exact) mass is 433 g/mol. The largest absolute Gasteiger partial charge is 0.456 e. The fourth-order valence-electron chi connectivity index (χ4n) is 3.94. The van der Waals surface area contributed by atoms with Crippen molar-refractivity contribution in [2.75, 3.05) is 0 Å². The van der Waals surface area contributed by atoms with Crippen molar-refractivity contribution in [3.63, 3.8) is 0 Å². The predicted octanol–water partition coefficient (Wildman–Crippen LogP) is 7.43. The molecule has 0 fully saturated rings. The van der Waals surface area contributed by atoms with Gasteiger partial charge in [0.25, 0.3) is 0 Å². The molecular weight excluding hydrogens is 418 g/mol. The summed E-state index contributed by atoms with van der Waals surface area (Å²) in [7, 11) is 0. The van der Waals surface area contributed by atoms with Crippen LogP contribution in [0, 0.1) is 0 Å². The minimum absolute atomic E-state index is 0.160. The molecule has 2 heterocycles. The van der Waals surface area contributed by atoms with Crippen molar-refractivity contribution in [2.45, 2.75) is 0 Å². The van der Waals surface area contributed by atoms with E-state index in [1.165, 1.54) is 0 Å². The smallest absolute Gasteiger partial charge is 0.226 e. The molecule has 0 atom stereocenters. The van der Waals surface area contributed by atoms with Crippen LogP contribution < -0.4 is 0 Å². The summed E-state index contributed by atoms with van der Waals surface area (Å²) in [6.07, 6.45) is 0. The average molecular weight is 434 g/mol. The summed E-state index contributed by atoms with van der Waals surface area (Å²) >= 11 is 6.32. The van der Waals surface area contributed by atoms with Crippen LogP contribution in [0.15, 0.2) is 101 Å². The van der Waals surface area contributed by atoms with Crippen LogP contribution in [0.4, 0.5) is 0 Å². The van der Waals surface area contributed by atoms with Crippen molar-refractivity contribution in [3.05, 3.63) is 102 Å². The summed E-state index contributed by atoms with van der Waals surface area (Å²) in [5.74, 6) is 1.06. The molecule has 0 spiro atoms. The summed E-state index contributed by atoms with van der Waals surface area (Å²) in [5, 5.41) is 2.23. The summed E-state index contributed by atoms with van der Waals surface area (Å²) in [5.41, 5.74) is 5.64. The number of benzene rings is 4. The third-order valence-electron chi connectivity index (χ3n) is 5.47. The van der Waals surface area contributed by atoms with E-state index in [-0.39, 0.29) is 5.28 Å². The number of hydrogen-bond acceptors (Lipinski definition) is 4. The highest BCUT2D eigenvalue weighted by Crippen LogP contribution is 2.32. The second-order valence-corrected chi connectivity index (χ2v) is 7.85. The quantitative estimate of drug-likeness (QED) is 0.291. The van der Waals surface area contributed by atoms with Gasteiger partial charge in [-0.25, -0.2) is 4.98 Å². The second kappa shape index (κ2) is 7.59. The molecule has 152 valence electrons. The number of rotatable bonds is 3. The lowest BCUT2D eigenvalue weighted by molar-refractivity contribution is 0.669. The molecule has 0 amide bonds. The molecule has 0 bridgehead atoms. The Balaban J connectivity index is 1.46. The maximum atomic E-state index is 6.32. The zero-order valence-corrected chi connectivity index (χ0v) is 17.6. The first kappa shape index (κ1) is 18.7. The van der Waals surface area contributed by atoms with Crippen LogP contribution in [0.25, 0.3) is 55.8 Å². The van der Waals surface area contributed by atoms with E-state index in [2.05, 4.69) is 34.2 Å². The van der Waals surface area contributed by atoms with Gasteiger partial charge in [-0.3, -0.25) is 0 Å². The predicted molar refractivity (Wildman–Crippen MR) is 128 cm³/mol. The number of nitrogens with zero attached hydrogens (tertiary/aromatic N) is 3. The molecule has 0 aliphatic heterocycles. The molecule has 0 saturated heterocycles. The molecule has 0 radical (unpaired) electrons. The Kier molecular flexibility index (Phi) is 4.44. The van der Waals surface area contributed by atoms with Crippen LogP contribution in [0.1, 0.15) is 0 Å². The number of para-hydroxylation sites is 1. The lowest BCUT2D eigenvalue weighted by atomic mass is 10.0. The molecule has 4 nitrogen and oxygen atoms in total. The first-order valence-corrected chi connectivity index (χ1v) is 10.6. The van der Waals surface area contributed by atoms with Gasteiger partial charge < -0.3 is 4.42 Å². The molecule has 32 heavy (non-hydrogen) atoms. The topological polar surface area (TPSA) is 51.8 Å². The number of aromatic nitrogens is 3. The third-order valence-corrected chi connectivity index (χ3v) is 5.64. The van der Waals surface area contributed by atoms with E-state index in [0.717, 1.165) is 44.2 Å². The zero-order chi connectivity index (χ0) is 21.5. The van der Waals surface area contributed by atoms with E-state index in [4.69, 9.17) is 21.0 Å². The van der Waals surface area contributed by atoms with Crippen molar-refractivity contribution in [3.8, 4) is 33.9 Å². The molecule has 2 aromatic heterocycles. The highest BCUT2D eigenvalue weighted by Gasteiger charge is 2.13. The fourth-order valence-corrected chi connectivity index (χ4v) is 4.10. The van der Waals surface area contributed by atoms with Crippen LogP contribution in [-0.4, -0.2) is 15.0 Å². The van der Waals surface area contributed by atoms with E-state index in [1.54, 1.807) is 0 Å². The molecular formula is C27H16ClN3O.